The average molecular weight is 258 g/mol. The number of aromatic nitrogens is 1. The van der Waals surface area contributed by atoms with Crippen LogP contribution in [0.4, 0.5) is 5.69 Å². The molecule has 0 aliphatic heterocycles. The topological polar surface area (TPSA) is 42.0 Å². The van der Waals surface area contributed by atoms with E-state index in [1.807, 2.05) is 24.3 Å². The molecule has 0 spiro atoms. The van der Waals surface area contributed by atoms with Gasteiger partial charge in [0.1, 0.15) is 5.01 Å². The molecule has 0 fully saturated rings. The molecule has 1 amide bonds. The average Bonchev–Trinajstić information content (AvgIpc) is 2.88. The number of benzene rings is 1. The minimum Gasteiger partial charge on any atom is -0.326 e. The van der Waals surface area contributed by atoms with Crippen LogP contribution in [0, 0.1) is 0 Å². The first kappa shape index (κ1) is 11.4. The van der Waals surface area contributed by atoms with Crippen LogP contribution in [0.2, 0.25) is 0 Å². The fourth-order valence-electron chi connectivity index (χ4n) is 2.25. The molecule has 0 unspecified atom stereocenters. The summed E-state index contributed by atoms with van der Waals surface area (Å²) >= 11 is 1.78. The van der Waals surface area contributed by atoms with Gasteiger partial charge in [0.05, 0.1) is 5.69 Å². The Balaban J connectivity index is 1.93. The van der Waals surface area contributed by atoms with Crippen molar-refractivity contribution >= 4 is 22.9 Å². The van der Waals surface area contributed by atoms with Gasteiger partial charge in [-0.1, -0.05) is 12.1 Å². The summed E-state index contributed by atoms with van der Waals surface area (Å²) in [4.78, 5) is 17.2. The first-order valence-electron chi connectivity index (χ1n) is 6.09. The molecule has 0 bridgehead atoms. The highest BCUT2D eigenvalue weighted by Gasteiger charge is 2.17. The Hall–Kier alpha value is -1.68. The van der Waals surface area contributed by atoms with E-state index in [2.05, 4.69) is 10.3 Å². The third-order valence-corrected chi connectivity index (χ3v) is 4.23. The van der Waals surface area contributed by atoms with E-state index in [1.165, 1.54) is 30.3 Å². The van der Waals surface area contributed by atoms with Gasteiger partial charge >= 0.3 is 0 Å². The van der Waals surface area contributed by atoms with E-state index in [1.54, 1.807) is 11.3 Å². The fraction of sp³-hybridized carbons (Fsp3) is 0.286. The molecule has 2 aromatic rings. The third-order valence-electron chi connectivity index (χ3n) is 3.03. The molecule has 1 aromatic carbocycles. The van der Waals surface area contributed by atoms with Crippen molar-refractivity contribution in [2.24, 2.45) is 0 Å². The van der Waals surface area contributed by atoms with Crippen molar-refractivity contribution in [3.8, 4) is 10.6 Å². The van der Waals surface area contributed by atoms with Crippen molar-refractivity contribution in [3.05, 3.63) is 34.8 Å². The molecule has 1 N–H and O–H groups in total. The Morgan fingerprint density at radius 1 is 1.39 bits per heavy atom. The Morgan fingerprint density at radius 3 is 3.06 bits per heavy atom. The summed E-state index contributed by atoms with van der Waals surface area (Å²) in [5.74, 6) is -0.0474. The molecule has 0 atom stereocenters. The zero-order valence-electron chi connectivity index (χ0n) is 10.2. The van der Waals surface area contributed by atoms with Gasteiger partial charge < -0.3 is 5.32 Å². The molecule has 0 radical (unpaired) electrons. The molecule has 18 heavy (non-hydrogen) atoms. The van der Waals surface area contributed by atoms with Gasteiger partial charge in [0.15, 0.2) is 0 Å². The molecule has 3 nitrogen and oxygen atoms in total. The van der Waals surface area contributed by atoms with Gasteiger partial charge in [0.25, 0.3) is 0 Å². The van der Waals surface area contributed by atoms with Gasteiger partial charge in [-0.15, -0.1) is 11.3 Å². The van der Waals surface area contributed by atoms with Crippen LogP contribution >= 0.6 is 11.3 Å². The first-order valence-corrected chi connectivity index (χ1v) is 6.90. The number of carbonyl (C=O) groups excluding carboxylic acids is 1. The molecule has 92 valence electrons. The molecule has 0 saturated carbocycles. The lowest BCUT2D eigenvalue weighted by Crippen LogP contribution is -2.05. The quantitative estimate of drug-likeness (QED) is 0.898. The van der Waals surface area contributed by atoms with Crippen molar-refractivity contribution in [1.82, 2.24) is 4.98 Å². The number of thiazole rings is 1. The highest BCUT2D eigenvalue weighted by Crippen LogP contribution is 2.34. The van der Waals surface area contributed by atoms with Crippen LogP contribution in [0.3, 0.4) is 0 Å². The minimum atomic E-state index is -0.0474. The van der Waals surface area contributed by atoms with Crippen molar-refractivity contribution in [3.63, 3.8) is 0 Å². The molecular formula is C14H14N2OS. The summed E-state index contributed by atoms with van der Waals surface area (Å²) in [6, 6.07) is 7.87. The summed E-state index contributed by atoms with van der Waals surface area (Å²) in [7, 11) is 0. The van der Waals surface area contributed by atoms with Crippen molar-refractivity contribution in [2.45, 2.75) is 26.2 Å². The summed E-state index contributed by atoms with van der Waals surface area (Å²) in [5.41, 5.74) is 3.18. The summed E-state index contributed by atoms with van der Waals surface area (Å²) < 4.78 is 0. The lowest BCUT2D eigenvalue weighted by molar-refractivity contribution is -0.114. The number of nitrogens with zero attached hydrogens (tertiary/aromatic N) is 1. The summed E-state index contributed by atoms with van der Waals surface area (Å²) in [6.07, 6.45) is 3.51. The fourth-order valence-corrected chi connectivity index (χ4v) is 3.39. The summed E-state index contributed by atoms with van der Waals surface area (Å²) in [5, 5.41) is 3.86. The van der Waals surface area contributed by atoms with Crippen LogP contribution in [0.25, 0.3) is 10.6 Å². The van der Waals surface area contributed by atoms with E-state index >= 15 is 0 Å². The number of rotatable bonds is 2. The maximum Gasteiger partial charge on any atom is 0.221 e. The second-order valence-corrected chi connectivity index (χ2v) is 5.59. The highest BCUT2D eigenvalue weighted by molar-refractivity contribution is 7.15. The van der Waals surface area contributed by atoms with Gasteiger partial charge in [0.2, 0.25) is 5.91 Å². The van der Waals surface area contributed by atoms with E-state index in [-0.39, 0.29) is 5.91 Å². The van der Waals surface area contributed by atoms with Crippen LogP contribution in [-0.2, 0) is 17.6 Å². The molecule has 4 heteroatoms. The molecule has 3 rings (SSSR count). The lowest BCUT2D eigenvalue weighted by atomic mass is 10.2. The van der Waals surface area contributed by atoms with E-state index in [0.717, 1.165) is 22.7 Å². The number of hydrogen-bond acceptors (Lipinski definition) is 3. The standard InChI is InChI=1S/C14H14N2OS/c1-9(17)15-11-5-2-4-10(8-11)14-16-12-6-3-7-13(12)18-14/h2,4-5,8H,3,6-7H2,1H3,(H,15,17). The Bertz CT molecular complexity index is 582. The molecule has 1 aliphatic carbocycles. The summed E-state index contributed by atoms with van der Waals surface area (Å²) in [6.45, 7) is 1.52. The number of fused-ring (bicyclic) bond motifs is 1. The van der Waals surface area contributed by atoms with Crippen LogP contribution < -0.4 is 5.32 Å². The van der Waals surface area contributed by atoms with Crippen molar-refractivity contribution in [2.75, 3.05) is 5.32 Å². The van der Waals surface area contributed by atoms with Crippen LogP contribution in [0.5, 0.6) is 0 Å². The maximum absolute atomic E-state index is 11.1. The van der Waals surface area contributed by atoms with Crippen molar-refractivity contribution < 1.29 is 4.79 Å². The van der Waals surface area contributed by atoms with Crippen LogP contribution in [0.1, 0.15) is 23.9 Å². The Kier molecular flexibility index (Phi) is 2.88. The van der Waals surface area contributed by atoms with Gasteiger partial charge in [-0.25, -0.2) is 4.98 Å². The number of amides is 1. The van der Waals surface area contributed by atoms with Crippen molar-refractivity contribution in [1.29, 1.82) is 0 Å². The first-order chi connectivity index (χ1) is 8.72. The van der Waals surface area contributed by atoms with Gasteiger partial charge in [-0.05, 0) is 31.4 Å². The molecule has 1 heterocycles. The smallest absolute Gasteiger partial charge is 0.221 e. The number of nitrogens with one attached hydrogen (secondary N) is 1. The second-order valence-electron chi connectivity index (χ2n) is 4.50. The molecule has 1 aliphatic rings. The van der Waals surface area contributed by atoms with E-state index in [4.69, 9.17) is 0 Å². The van der Waals surface area contributed by atoms with E-state index in [0.29, 0.717) is 0 Å². The van der Waals surface area contributed by atoms with Crippen LogP contribution in [-0.4, -0.2) is 10.9 Å². The predicted molar refractivity (Wildman–Crippen MR) is 73.9 cm³/mol. The van der Waals surface area contributed by atoms with Gasteiger partial charge in [-0.2, -0.15) is 0 Å². The molecule has 0 saturated heterocycles. The number of hydrogen-bond donors (Lipinski definition) is 1. The normalized spacial score (nSPS) is 13.4. The largest absolute Gasteiger partial charge is 0.326 e. The predicted octanol–water partition coefficient (Wildman–Crippen LogP) is 3.26. The van der Waals surface area contributed by atoms with Gasteiger partial charge in [-0.3, -0.25) is 4.79 Å². The highest BCUT2D eigenvalue weighted by atomic mass is 32.1. The minimum absolute atomic E-state index is 0.0474. The maximum atomic E-state index is 11.1. The lowest BCUT2D eigenvalue weighted by Gasteiger charge is -2.03. The van der Waals surface area contributed by atoms with Crippen LogP contribution in [0.15, 0.2) is 24.3 Å². The zero-order valence-corrected chi connectivity index (χ0v) is 11.0. The zero-order chi connectivity index (χ0) is 12.5. The Morgan fingerprint density at radius 2 is 2.28 bits per heavy atom. The number of aryl methyl sites for hydroxylation is 2. The second kappa shape index (κ2) is 4.53. The van der Waals surface area contributed by atoms with Gasteiger partial charge in [0, 0.05) is 23.1 Å². The Labute approximate surface area is 110 Å². The SMILES string of the molecule is CC(=O)Nc1cccc(-c2nc3c(s2)CCC3)c1. The monoisotopic (exact) mass is 258 g/mol. The molecule has 1 aromatic heterocycles. The number of anilines is 1. The third kappa shape index (κ3) is 2.16. The van der Waals surface area contributed by atoms with E-state index < -0.39 is 0 Å². The molecular weight excluding hydrogens is 244 g/mol. The van der Waals surface area contributed by atoms with E-state index in [9.17, 15) is 4.79 Å². The number of carbonyl (C=O) groups is 1.